The second kappa shape index (κ2) is 6.70. The van der Waals surface area contributed by atoms with Crippen LogP contribution < -0.4 is 0 Å². The standard InChI is InChI=1S/C17H16Cl4F2N2O2/c1-16(2,3)24-5-4-17(22,23)6-7(24)25-14(26)8-9(15(25)27)11(19)13(21)12(20)10(8)18/h7H,4-6H2,1-3H3. The van der Waals surface area contributed by atoms with Gasteiger partial charge in [-0.3, -0.25) is 19.4 Å². The van der Waals surface area contributed by atoms with Crippen molar-refractivity contribution in [3.63, 3.8) is 0 Å². The number of likely N-dealkylation sites (tertiary alicyclic amines) is 1. The average Bonchev–Trinajstić information content (AvgIpc) is 2.79. The molecule has 1 aromatic carbocycles. The quantitative estimate of drug-likeness (QED) is 0.305. The second-order valence-electron chi connectivity index (χ2n) is 7.64. The van der Waals surface area contributed by atoms with E-state index < -0.39 is 35.9 Å². The van der Waals surface area contributed by atoms with Crippen molar-refractivity contribution in [2.75, 3.05) is 6.54 Å². The van der Waals surface area contributed by atoms with E-state index in [9.17, 15) is 18.4 Å². The summed E-state index contributed by atoms with van der Waals surface area (Å²) >= 11 is 24.3. The van der Waals surface area contributed by atoms with Gasteiger partial charge in [-0.2, -0.15) is 0 Å². The van der Waals surface area contributed by atoms with Gasteiger partial charge in [0.05, 0.1) is 37.4 Å². The Morgan fingerprint density at radius 3 is 1.78 bits per heavy atom. The molecule has 0 radical (unpaired) electrons. The number of imide groups is 1. The van der Waals surface area contributed by atoms with Crippen LogP contribution in [-0.2, 0) is 0 Å². The molecule has 0 bridgehead atoms. The lowest BCUT2D eigenvalue weighted by Crippen LogP contribution is -2.62. The molecule has 2 aliphatic rings. The maximum Gasteiger partial charge on any atom is 0.264 e. The predicted octanol–water partition coefficient (Wildman–Crippen LogP) is 5.75. The van der Waals surface area contributed by atoms with Gasteiger partial charge < -0.3 is 0 Å². The van der Waals surface area contributed by atoms with Crippen LogP contribution in [0.25, 0.3) is 0 Å². The molecule has 0 aromatic heterocycles. The lowest BCUT2D eigenvalue weighted by molar-refractivity contribution is -0.123. The fraction of sp³-hybridized carbons (Fsp3) is 0.529. The Morgan fingerprint density at radius 1 is 0.926 bits per heavy atom. The fourth-order valence-corrected chi connectivity index (χ4v) is 4.58. The molecule has 1 atom stereocenters. The summed E-state index contributed by atoms with van der Waals surface area (Å²) in [5, 5.41) is -0.753. The Hall–Kier alpha value is -0.660. The minimum atomic E-state index is -3.01. The Kier molecular flexibility index (Phi) is 5.22. The lowest BCUT2D eigenvalue weighted by Gasteiger charge is -2.48. The minimum Gasteiger partial charge on any atom is -0.278 e. The van der Waals surface area contributed by atoms with Crippen molar-refractivity contribution in [1.29, 1.82) is 0 Å². The molecule has 1 saturated heterocycles. The Labute approximate surface area is 175 Å². The van der Waals surface area contributed by atoms with Gasteiger partial charge in [0.2, 0.25) is 0 Å². The number of carbonyl (C=O) groups is 2. The Morgan fingerprint density at radius 2 is 1.37 bits per heavy atom. The summed E-state index contributed by atoms with van der Waals surface area (Å²) in [5.74, 6) is -4.63. The van der Waals surface area contributed by atoms with Gasteiger partial charge in [0.25, 0.3) is 17.7 Å². The summed E-state index contributed by atoms with van der Waals surface area (Å²) in [4.78, 5) is 28.5. The number of halogens is 6. The van der Waals surface area contributed by atoms with Gasteiger partial charge in [0.1, 0.15) is 0 Å². The molecule has 0 saturated carbocycles. The van der Waals surface area contributed by atoms with Crippen LogP contribution in [0.2, 0.25) is 20.1 Å². The molecule has 1 fully saturated rings. The first kappa shape index (κ1) is 21.1. The van der Waals surface area contributed by atoms with E-state index in [0.29, 0.717) is 0 Å². The molecule has 2 heterocycles. The van der Waals surface area contributed by atoms with E-state index in [-0.39, 0.29) is 44.2 Å². The number of piperidine rings is 1. The predicted molar refractivity (Wildman–Crippen MR) is 101 cm³/mol. The zero-order valence-corrected chi connectivity index (χ0v) is 17.7. The van der Waals surface area contributed by atoms with Gasteiger partial charge in [-0.25, -0.2) is 8.78 Å². The van der Waals surface area contributed by atoms with Gasteiger partial charge >= 0.3 is 0 Å². The van der Waals surface area contributed by atoms with E-state index in [1.807, 2.05) is 20.8 Å². The number of rotatable bonds is 1. The van der Waals surface area contributed by atoms with Crippen molar-refractivity contribution in [3.8, 4) is 0 Å². The number of carbonyl (C=O) groups excluding carboxylic acids is 2. The van der Waals surface area contributed by atoms with E-state index in [1.165, 1.54) is 0 Å². The molecule has 10 heteroatoms. The van der Waals surface area contributed by atoms with Crippen molar-refractivity contribution in [2.45, 2.75) is 51.2 Å². The first-order chi connectivity index (χ1) is 12.3. The summed E-state index contributed by atoms with van der Waals surface area (Å²) in [7, 11) is 0. The third-order valence-corrected chi connectivity index (χ3v) is 6.65. The van der Waals surface area contributed by atoms with E-state index in [0.717, 1.165) is 4.90 Å². The molecule has 0 aliphatic carbocycles. The van der Waals surface area contributed by atoms with Crippen molar-refractivity contribution in [2.24, 2.45) is 0 Å². The largest absolute Gasteiger partial charge is 0.278 e. The molecule has 3 rings (SSSR count). The van der Waals surface area contributed by atoms with Gasteiger partial charge in [-0.15, -0.1) is 0 Å². The maximum absolute atomic E-state index is 14.2. The smallest absolute Gasteiger partial charge is 0.264 e. The van der Waals surface area contributed by atoms with Crippen LogP contribution >= 0.6 is 46.4 Å². The van der Waals surface area contributed by atoms with E-state index in [1.54, 1.807) is 4.90 Å². The monoisotopic (exact) mass is 458 g/mol. The maximum atomic E-state index is 14.2. The van der Waals surface area contributed by atoms with E-state index >= 15 is 0 Å². The number of benzene rings is 1. The minimum absolute atomic E-state index is 0.0253. The second-order valence-corrected chi connectivity index (χ2v) is 9.15. The summed E-state index contributed by atoms with van der Waals surface area (Å²) < 4.78 is 28.3. The fourth-order valence-electron chi connectivity index (χ4n) is 3.56. The molecule has 1 aromatic rings. The molecule has 0 spiro atoms. The number of alkyl halides is 2. The highest BCUT2D eigenvalue weighted by atomic mass is 35.5. The number of fused-ring (bicyclic) bond motifs is 1. The van der Waals surface area contributed by atoms with Gasteiger partial charge in [-0.05, 0) is 20.8 Å². The number of hydrogen-bond acceptors (Lipinski definition) is 3. The average molecular weight is 460 g/mol. The highest BCUT2D eigenvalue weighted by molar-refractivity contribution is 6.55. The molecule has 1 unspecified atom stereocenters. The third kappa shape index (κ3) is 3.33. The van der Waals surface area contributed by atoms with E-state index in [4.69, 9.17) is 46.4 Å². The van der Waals surface area contributed by atoms with Crippen molar-refractivity contribution in [3.05, 3.63) is 31.2 Å². The zero-order chi connectivity index (χ0) is 20.5. The molecule has 27 heavy (non-hydrogen) atoms. The van der Waals surface area contributed by atoms with Crippen LogP contribution in [0.5, 0.6) is 0 Å². The van der Waals surface area contributed by atoms with Crippen LogP contribution in [0.1, 0.15) is 54.3 Å². The van der Waals surface area contributed by atoms with Crippen LogP contribution in [-0.4, -0.2) is 45.8 Å². The molecule has 2 amide bonds. The van der Waals surface area contributed by atoms with Crippen molar-refractivity contribution >= 4 is 58.2 Å². The van der Waals surface area contributed by atoms with Crippen LogP contribution in [0.3, 0.4) is 0 Å². The van der Waals surface area contributed by atoms with Crippen LogP contribution in [0, 0.1) is 0 Å². The Bertz CT molecular complexity index is 808. The molecule has 2 aliphatic heterocycles. The zero-order valence-electron chi connectivity index (χ0n) is 14.7. The number of nitrogens with zero attached hydrogens (tertiary/aromatic N) is 2. The molecular formula is C17H16Cl4F2N2O2. The summed E-state index contributed by atoms with van der Waals surface area (Å²) in [6.07, 6.45) is -2.18. The van der Waals surface area contributed by atoms with Gasteiger partial charge in [0, 0.05) is 24.9 Å². The lowest BCUT2D eigenvalue weighted by atomic mass is 9.95. The van der Waals surface area contributed by atoms with Crippen molar-refractivity contribution < 1.29 is 18.4 Å². The molecule has 4 nitrogen and oxygen atoms in total. The summed E-state index contributed by atoms with van der Waals surface area (Å²) in [6, 6.07) is 0. The summed E-state index contributed by atoms with van der Waals surface area (Å²) in [5.41, 5.74) is -0.966. The SMILES string of the molecule is CC(C)(C)N1CCC(F)(F)CC1N1C(=O)c2c(Cl)c(Cl)c(Cl)c(Cl)c2C1=O. The Balaban J connectivity index is 2.14. The van der Waals surface area contributed by atoms with Gasteiger partial charge in [-0.1, -0.05) is 46.4 Å². The first-order valence-corrected chi connectivity index (χ1v) is 9.67. The third-order valence-electron chi connectivity index (χ3n) is 4.85. The van der Waals surface area contributed by atoms with Crippen LogP contribution in [0.4, 0.5) is 8.78 Å². The number of hydrogen-bond donors (Lipinski definition) is 0. The highest BCUT2D eigenvalue weighted by Crippen LogP contribution is 2.47. The normalized spacial score (nSPS) is 23.1. The molecule has 0 N–H and O–H groups in total. The molecular weight excluding hydrogens is 444 g/mol. The highest BCUT2D eigenvalue weighted by Gasteiger charge is 2.52. The first-order valence-electron chi connectivity index (χ1n) is 8.16. The molecule has 148 valence electrons. The van der Waals surface area contributed by atoms with Crippen LogP contribution in [0.15, 0.2) is 0 Å². The topological polar surface area (TPSA) is 40.6 Å². The van der Waals surface area contributed by atoms with Crippen molar-refractivity contribution in [1.82, 2.24) is 9.80 Å². The summed E-state index contributed by atoms with van der Waals surface area (Å²) in [6.45, 7) is 5.51. The number of amides is 2. The van der Waals surface area contributed by atoms with Gasteiger partial charge in [0.15, 0.2) is 0 Å². The van der Waals surface area contributed by atoms with E-state index in [2.05, 4.69) is 0 Å².